The normalized spacial score (nSPS) is 17.1. The van der Waals surface area contributed by atoms with Crippen molar-refractivity contribution in [2.75, 3.05) is 19.8 Å². The summed E-state index contributed by atoms with van der Waals surface area (Å²) in [4.78, 5) is 36.7. The van der Waals surface area contributed by atoms with Crippen LogP contribution in [0.3, 0.4) is 0 Å². The first-order chi connectivity index (χ1) is 13.6. The Morgan fingerprint density at radius 2 is 2.00 bits per heavy atom. The summed E-state index contributed by atoms with van der Waals surface area (Å²) in [5, 5.41) is 8.51. The number of carbonyl (C=O) groups is 3. The SMILES string of the molecule is O=C(O)COCC#CCN1C(=O)CCCC[C@@H]1/C=C/C(=O)Cc1ccccc1. The Bertz CT molecular complexity index is 760. The molecule has 1 aromatic carbocycles. The number of carboxylic acids is 1. The molecule has 2 rings (SSSR count). The number of allylic oxidation sites excluding steroid dienone is 1. The molecule has 0 bridgehead atoms. The second-order valence-corrected chi connectivity index (χ2v) is 6.56. The smallest absolute Gasteiger partial charge is 0.329 e. The van der Waals surface area contributed by atoms with Crippen LogP contribution in [0.2, 0.25) is 0 Å². The van der Waals surface area contributed by atoms with Crippen molar-refractivity contribution >= 4 is 17.7 Å². The van der Waals surface area contributed by atoms with Crippen LogP contribution >= 0.6 is 0 Å². The van der Waals surface area contributed by atoms with Crippen LogP contribution in [-0.4, -0.2) is 53.5 Å². The highest BCUT2D eigenvalue weighted by molar-refractivity contribution is 5.91. The van der Waals surface area contributed by atoms with Gasteiger partial charge in [-0.1, -0.05) is 54.7 Å². The Morgan fingerprint density at radius 1 is 1.21 bits per heavy atom. The van der Waals surface area contributed by atoms with Crippen molar-refractivity contribution in [2.45, 2.75) is 38.1 Å². The van der Waals surface area contributed by atoms with Crippen molar-refractivity contribution in [1.29, 1.82) is 0 Å². The van der Waals surface area contributed by atoms with E-state index in [0.717, 1.165) is 24.8 Å². The van der Waals surface area contributed by atoms with Crippen LogP contribution < -0.4 is 0 Å². The van der Waals surface area contributed by atoms with E-state index in [1.165, 1.54) is 0 Å². The second kappa shape index (κ2) is 11.7. The molecule has 1 fully saturated rings. The quantitative estimate of drug-likeness (QED) is 0.423. The fourth-order valence-corrected chi connectivity index (χ4v) is 2.98. The Hall–Kier alpha value is -2.91. The van der Waals surface area contributed by atoms with Crippen LogP contribution in [0.5, 0.6) is 0 Å². The molecule has 6 heteroatoms. The van der Waals surface area contributed by atoms with Crippen molar-refractivity contribution < 1.29 is 24.2 Å². The number of ether oxygens (including phenoxy) is 1. The molecule has 1 amide bonds. The lowest BCUT2D eigenvalue weighted by Crippen LogP contribution is -2.38. The first-order valence-electron chi connectivity index (χ1n) is 9.36. The largest absolute Gasteiger partial charge is 0.480 e. The van der Waals surface area contributed by atoms with Crippen molar-refractivity contribution in [1.82, 2.24) is 4.90 Å². The summed E-state index contributed by atoms with van der Waals surface area (Å²) in [5.74, 6) is 4.56. The van der Waals surface area contributed by atoms with E-state index in [4.69, 9.17) is 9.84 Å². The van der Waals surface area contributed by atoms with Crippen LogP contribution in [-0.2, 0) is 25.5 Å². The van der Waals surface area contributed by atoms with E-state index < -0.39 is 12.6 Å². The summed E-state index contributed by atoms with van der Waals surface area (Å²) < 4.78 is 4.86. The zero-order valence-electron chi connectivity index (χ0n) is 15.8. The third-order valence-electron chi connectivity index (χ3n) is 4.36. The molecule has 0 aliphatic carbocycles. The van der Waals surface area contributed by atoms with E-state index in [1.54, 1.807) is 17.1 Å². The van der Waals surface area contributed by atoms with E-state index in [0.29, 0.717) is 12.8 Å². The van der Waals surface area contributed by atoms with Gasteiger partial charge in [-0.2, -0.15) is 0 Å². The topological polar surface area (TPSA) is 83.9 Å². The predicted molar refractivity (Wildman–Crippen MR) is 104 cm³/mol. The molecule has 0 unspecified atom stereocenters. The average Bonchev–Trinajstić information content (AvgIpc) is 2.85. The molecule has 1 heterocycles. The molecular formula is C22H25NO5. The first-order valence-corrected chi connectivity index (χ1v) is 9.36. The maximum Gasteiger partial charge on any atom is 0.329 e. The van der Waals surface area contributed by atoms with Crippen molar-refractivity contribution in [3.63, 3.8) is 0 Å². The minimum absolute atomic E-state index is 0.00370. The van der Waals surface area contributed by atoms with E-state index in [2.05, 4.69) is 11.8 Å². The monoisotopic (exact) mass is 383 g/mol. The van der Waals surface area contributed by atoms with Gasteiger partial charge in [0.25, 0.3) is 0 Å². The molecule has 28 heavy (non-hydrogen) atoms. The Morgan fingerprint density at radius 3 is 2.75 bits per heavy atom. The highest BCUT2D eigenvalue weighted by Gasteiger charge is 2.23. The van der Waals surface area contributed by atoms with Crippen molar-refractivity contribution in [2.24, 2.45) is 0 Å². The molecular weight excluding hydrogens is 358 g/mol. The lowest BCUT2D eigenvalue weighted by molar-refractivity contribution is -0.141. The third kappa shape index (κ3) is 7.77. The summed E-state index contributed by atoms with van der Waals surface area (Å²) in [7, 11) is 0. The molecule has 1 aliphatic heterocycles. The Kier molecular flexibility index (Phi) is 8.96. The van der Waals surface area contributed by atoms with Gasteiger partial charge in [0.05, 0.1) is 12.6 Å². The molecule has 1 atom stereocenters. The molecule has 1 N–H and O–H groups in total. The standard InChI is InChI=1S/C22H25NO5/c24-20(16-18-8-2-1-3-9-18)13-12-19-10-4-5-11-21(25)23(19)14-6-7-15-28-17-22(26)27/h1-3,8-9,12-13,19H,4-5,10-11,14-17H2,(H,26,27)/b13-12+/t19-/m1/s1. The van der Waals surface area contributed by atoms with E-state index in [9.17, 15) is 14.4 Å². The van der Waals surface area contributed by atoms with Crippen LogP contribution in [0, 0.1) is 11.8 Å². The summed E-state index contributed by atoms with van der Waals surface area (Å²) in [6.07, 6.45) is 6.70. The van der Waals surface area contributed by atoms with Crippen molar-refractivity contribution in [3.8, 4) is 11.8 Å². The zero-order valence-corrected chi connectivity index (χ0v) is 15.8. The van der Waals surface area contributed by atoms with Crippen LogP contribution in [0.15, 0.2) is 42.5 Å². The number of amides is 1. The number of likely N-dealkylation sites (tertiary alicyclic amines) is 1. The third-order valence-corrected chi connectivity index (χ3v) is 4.36. The number of carboxylic acid groups (broad SMARTS) is 1. The first kappa shape index (κ1) is 21.4. The van der Waals surface area contributed by atoms with Gasteiger partial charge in [-0.15, -0.1) is 0 Å². The molecule has 0 saturated carbocycles. The highest BCUT2D eigenvalue weighted by Crippen LogP contribution is 2.18. The maximum absolute atomic E-state index is 12.4. The number of aliphatic carboxylic acids is 1. The van der Waals surface area contributed by atoms with Gasteiger partial charge < -0.3 is 14.7 Å². The molecule has 0 spiro atoms. The Balaban J connectivity index is 1.94. The van der Waals surface area contributed by atoms with E-state index in [-0.39, 0.29) is 30.9 Å². The summed E-state index contributed by atoms with van der Waals surface area (Å²) in [6.45, 7) is -0.159. The van der Waals surface area contributed by atoms with Gasteiger partial charge in [0.2, 0.25) is 5.91 Å². The number of ketones is 1. The number of rotatable bonds is 8. The molecule has 6 nitrogen and oxygen atoms in total. The van der Waals surface area contributed by atoms with Gasteiger partial charge in [-0.3, -0.25) is 9.59 Å². The fraction of sp³-hybridized carbons (Fsp3) is 0.409. The minimum atomic E-state index is -1.05. The van der Waals surface area contributed by atoms with Gasteiger partial charge in [-0.25, -0.2) is 4.79 Å². The number of benzene rings is 1. The predicted octanol–water partition coefficient (Wildman–Crippen LogP) is 2.23. The molecule has 0 radical (unpaired) electrons. The van der Waals surface area contributed by atoms with Gasteiger partial charge in [0.1, 0.15) is 13.2 Å². The molecule has 148 valence electrons. The van der Waals surface area contributed by atoms with Crippen LogP contribution in [0.1, 0.15) is 31.2 Å². The van der Waals surface area contributed by atoms with Crippen LogP contribution in [0.25, 0.3) is 0 Å². The number of hydrogen-bond donors (Lipinski definition) is 1. The maximum atomic E-state index is 12.4. The summed E-state index contributed by atoms with van der Waals surface area (Å²) in [5.41, 5.74) is 0.957. The minimum Gasteiger partial charge on any atom is -0.480 e. The molecule has 1 aliphatic rings. The van der Waals surface area contributed by atoms with Crippen LogP contribution in [0.4, 0.5) is 0 Å². The number of hydrogen-bond acceptors (Lipinski definition) is 4. The van der Waals surface area contributed by atoms with Crippen molar-refractivity contribution in [3.05, 3.63) is 48.0 Å². The van der Waals surface area contributed by atoms with E-state index >= 15 is 0 Å². The summed E-state index contributed by atoms with van der Waals surface area (Å²) >= 11 is 0. The van der Waals surface area contributed by atoms with E-state index in [1.807, 2.05) is 30.3 Å². The highest BCUT2D eigenvalue weighted by atomic mass is 16.5. The molecule has 1 saturated heterocycles. The average molecular weight is 383 g/mol. The lowest BCUT2D eigenvalue weighted by Gasteiger charge is -2.25. The molecule has 1 aromatic rings. The lowest BCUT2D eigenvalue weighted by atomic mass is 10.1. The second-order valence-electron chi connectivity index (χ2n) is 6.56. The zero-order chi connectivity index (χ0) is 20.2. The fourth-order valence-electron chi connectivity index (χ4n) is 2.98. The van der Waals surface area contributed by atoms with Gasteiger partial charge in [0.15, 0.2) is 5.78 Å². The Labute approximate surface area is 165 Å². The number of carbonyl (C=O) groups excluding carboxylic acids is 2. The summed E-state index contributed by atoms with van der Waals surface area (Å²) in [6, 6.07) is 9.37. The van der Waals surface area contributed by atoms with Gasteiger partial charge >= 0.3 is 5.97 Å². The van der Waals surface area contributed by atoms with Gasteiger partial charge in [-0.05, 0) is 24.5 Å². The molecule has 0 aromatic heterocycles. The number of nitrogens with zero attached hydrogens (tertiary/aromatic N) is 1. The van der Waals surface area contributed by atoms with Gasteiger partial charge in [0, 0.05) is 12.8 Å².